The van der Waals surface area contributed by atoms with Crippen LogP contribution in [0.1, 0.15) is 28.6 Å². The average molecular weight is 299 g/mol. The number of carbonyl (C=O) groups is 2. The van der Waals surface area contributed by atoms with E-state index in [4.69, 9.17) is 5.11 Å². The molecule has 0 aliphatic carbocycles. The van der Waals surface area contributed by atoms with E-state index in [9.17, 15) is 9.59 Å². The molecule has 1 unspecified atom stereocenters. The number of carbonyl (C=O) groups excluding carboxylic acids is 1. The minimum atomic E-state index is -1.02. The Hall–Kier alpha value is -1.27. The van der Waals surface area contributed by atoms with Gasteiger partial charge in [0.15, 0.2) is 0 Å². The lowest BCUT2D eigenvalue weighted by molar-refractivity contribution is -0.131. The van der Waals surface area contributed by atoms with Crippen LogP contribution in [0.25, 0.3) is 6.08 Å². The van der Waals surface area contributed by atoms with E-state index in [2.05, 4.69) is 5.32 Å². The maximum Gasteiger partial charge on any atom is 0.328 e. The van der Waals surface area contributed by atoms with Crippen molar-refractivity contribution >= 4 is 41.1 Å². The van der Waals surface area contributed by atoms with E-state index in [1.807, 2.05) is 13.2 Å². The van der Waals surface area contributed by atoms with Crippen LogP contribution in [-0.2, 0) is 4.79 Å². The highest BCUT2D eigenvalue weighted by Gasteiger charge is 2.15. The lowest BCUT2D eigenvalue weighted by Crippen LogP contribution is -2.35. The maximum absolute atomic E-state index is 12.1. The van der Waals surface area contributed by atoms with Crippen molar-refractivity contribution in [3.63, 3.8) is 0 Å². The molecule has 2 N–H and O–H groups in total. The third kappa shape index (κ3) is 5.08. The van der Waals surface area contributed by atoms with E-state index in [1.54, 1.807) is 23.2 Å². The predicted molar refractivity (Wildman–Crippen MR) is 80.9 cm³/mol. The monoisotopic (exact) mass is 299 g/mol. The number of carboxylic acid groups (broad SMARTS) is 1. The number of thiophene rings is 1. The molecule has 1 aromatic rings. The number of thioether (sulfide) groups is 1. The van der Waals surface area contributed by atoms with E-state index in [1.165, 1.54) is 17.4 Å². The molecule has 104 valence electrons. The van der Waals surface area contributed by atoms with Gasteiger partial charge in [-0.3, -0.25) is 4.79 Å². The summed E-state index contributed by atoms with van der Waals surface area (Å²) in [6, 6.07) is 1.88. The third-order valence-electron chi connectivity index (χ3n) is 2.50. The Labute approximate surface area is 120 Å². The summed E-state index contributed by atoms with van der Waals surface area (Å²) in [7, 11) is 0. The zero-order valence-electron chi connectivity index (χ0n) is 10.9. The van der Waals surface area contributed by atoms with Gasteiger partial charge in [0.05, 0.1) is 4.88 Å². The van der Waals surface area contributed by atoms with Gasteiger partial charge in [-0.25, -0.2) is 4.79 Å². The normalized spacial score (nSPS) is 12.5. The summed E-state index contributed by atoms with van der Waals surface area (Å²) in [6.07, 6.45) is 5.36. The molecule has 1 amide bonds. The second-order valence-electron chi connectivity index (χ2n) is 3.91. The first-order valence-corrected chi connectivity index (χ1v) is 8.14. The molecular weight excluding hydrogens is 282 g/mol. The van der Waals surface area contributed by atoms with Gasteiger partial charge in [0.1, 0.15) is 0 Å². The molecule has 1 atom stereocenters. The first-order chi connectivity index (χ1) is 9.08. The lowest BCUT2D eigenvalue weighted by atomic mass is 10.2. The maximum atomic E-state index is 12.1. The summed E-state index contributed by atoms with van der Waals surface area (Å²) in [5.74, 6) is -0.291. The van der Waals surface area contributed by atoms with Crippen molar-refractivity contribution in [2.24, 2.45) is 0 Å². The standard InChI is InChI=1S/C13H17NO3S2/c1-3-10(8-18-2)14-13(17)12-9(6-7-19-12)4-5-11(15)16/h4-7,10H,3,8H2,1-2H3,(H,14,17)(H,15,16)/b5-4+. The number of amides is 1. The van der Waals surface area contributed by atoms with Gasteiger partial charge in [0, 0.05) is 17.9 Å². The van der Waals surface area contributed by atoms with Crippen LogP contribution in [0.4, 0.5) is 0 Å². The number of carboxylic acids is 1. The minimum absolute atomic E-state index is 0.138. The molecule has 6 heteroatoms. The molecule has 4 nitrogen and oxygen atoms in total. The molecular formula is C13H17NO3S2. The summed E-state index contributed by atoms with van der Waals surface area (Å²) >= 11 is 3.01. The van der Waals surface area contributed by atoms with Gasteiger partial charge < -0.3 is 10.4 Å². The van der Waals surface area contributed by atoms with Crippen molar-refractivity contribution < 1.29 is 14.7 Å². The Bertz CT molecular complexity index is 468. The Balaban J connectivity index is 2.77. The molecule has 0 saturated heterocycles. The summed E-state index contributed by atoms with van der Waals surface area (Å²) in [5, 5.41) is 13.4. The van der Waals surface area contributed by atoms with E-state index in [-0.39, 0.29) is 11.9 Å². The average Bonchev–Trinajstić information content (AvgIpc) is 2.84. The van der Waals surface area contributed by atoms with Crippen LogP contribution in [0.3, 0.4) is 0 Å². The quantitative estimate of drug-likeness (QED) is 0.760. The van der Waals surface area contributed by atoms with Gasteiger partial charge in [-0.15, -0.1) is 11.3 Å². The zero-order valence-corrected chi connectivity index (χ0v) is 12.5. The Morgan fingerprint density at radius 1 is 1.58 bits per heavy atom. The summed E-state index contributed by atoms with van der Waals surface area (Å²) in [5.41, 5.74) is 0.643. The smallest absolute Gasteiger partial charge is 0.328 e. The van der Waals surface area contributed by atoms with E-state index in [0.29, 0.717) is 10.4 Å². The van der Waals surface area contributed by atoms with Crippen LogP contribution in [0.2, 0.25) is 0 Å². The van der Waals surface area contributed by atoms with Gasteiger partial charge >= 0.3 is 5.97 Å². The van der Waals surface area contributed by atoms with E-state index in [0.717, 1.165) is 18.2 Å². The summed E-state index contributed by atoms with van der Waals surface area (Å²) < 4.78 is 0. The molecule has 0 aliphatic rings. The van der Waals surface area contributed by atoms with E-state index < -0.39 is 5.97 Å². The van der Waals surface area contributed by atoms with Crippen LogP contribution in [-0.4, -0.2) is 35.0 Å². The van der Waals surface area contributed by atoms with Crippen LogP contribution in [0, 0.1) is 0 Å². The second kappa shape index (κ2) is 8.01. The van der Waals surface area contributed by atoms with Crippen LogP contribution < -0.4 is 5.32 Å². The number of aliphatic carboxylic acids is 1. The first kappa shape index (κ1) is 15.8. The molecule has 1 aromatic heterocycles. The molecule has 0 aliphatic heterocycles. The van der Waals surface area contributed by atoms with Crippen molar-refractivity contribution in [3.05, 3.63) is 28.0 Å². The van der Waals surface area contributed by atoms with Crippen LogP contribution in [0.5, 0.6) is 0 Å². The summed E-state index contributed by atoms with van der Waals surface area (Å²) in [6.45, 7) is 2.03. The first-order valence-electron chi connectivity index (χ1n) is 5.86. The molecule has 1 rings (SSSR count). The van der Waals surface area contributed by atoms with Gasteiger partial charge in [0.2, 0.25) is 0 Å². The molecule has 0 saturated carbocycles. The topological polar surface area (TPSA) is 66.4 Å². The van der Waals surface area contributed by atoms with Gasteiger partial charge in [-0.1, -0.05) is 6.92 Å². The van der Waals surface area contributed by atoms with Crippen LogP contribution in [0.15, 0.2) is 17.5 Å². The van der Waals surface area contributed by atoms with Gasteiger partial charge in [-0.05, 0) is 35.8 Å². The van der Waals surface area contributed by atoms with Gasteiger partial charge in [0.25, 0.3) is 5.91 Å². The fraction of sp³-hybridized carbons (Fsp3) is 0.385. The van der Waals surface area contributed by atoms with Crippen molar-refractivity contribution in [2.45, 2.75) is 19.4 Å². The third-order valence-corrected chi connectivity index (χ3v) is 4.17. The molecule has 19 heavy (non-hydrogen) atoms. The fourth-order valence-corrected chi connectivity index (χ4v) is 3.02. The summed E-state index contributed by atoms with van der Waals surface area (Å²) in [4.78, 5) is 23.2. The largest absolute Gasteiger partial charge is 0.478 e. The number of nitrogens with one attached hydrogen (secondary N) is 1. The zero-order chi connectivity index (χ0) is 14.3. The highest BCUT2D eigenvalue weighted by molar-refractivity contribution is 7.98. The SMILES string of the molecule is CCC(CSC)NC(=O)c1sccc1/C=C/C(=O)O. The molecule has 0 aromatic carbocycles. The van der Waals surface area contributed by atoms with Crippen molar-refractivity contribution in [1.82, 2.24) is 5.32 Å². The minimum Gasteiger partial charge on any atom is -0.478 e. The Morgan fingerprint density at radius 2 is 2.32 bits per heavy atom. The van der Waals surface area contributed by atoms with E-state index >= 15 is 0 Å². The van der Waals surface area contributed by atoms with Crippen molar-refractivity contribution in [1.29, 1.82) is 0 Å². The van der Waals surface area contributed by atoms with Gasteiger partial charge in [-0.2, -0.15) is 11.8 Å². The highest BCUT2D eigenvalue weighted by atomic mass is 32.2. The fourth-order valence-electron chi connectivity index (χ4n) is 1.51. The lowest BCUT2D eigenvalue weighted by Gasteiger charge is -2.15. The highest BCUT2D eigenvalue weighted by Crippen LogP contribution is 2.18. The van der Waals surface area contributed by atoms with Crippen molar-refractivity contribution in [2.75, 3.05) is 12.0 Å². The number of rotatable bonds is 7. The number of hydrogen-bond donors (Lipinski definition) is 2. The predicted octanol–water partition coefficient (Wildman–Crippen LogP) is 2.72. The van der Waals surface area contributed by atoms with Crippen LogP contribution >= 0.6 is 23.1 Å². The molecule has 0 radical (unpaired) electrons. The molecule has 1 heterocycles. The molecule has 0 spiro atoms. The molecule has 0 fully saturated rings. The molecule has 0 bridgehead atoms. The number of hydrogen-bond acceptors (Lipinski definition) is 4. The Morgan fingerprint density at radius 3 is 2.89 bits per heavy atom. The second-order valence-corrected chi connectivity index (χ2v) is 5.74. The van der Waals surface area contributed by atoms with Crippen molar-refractivity contribution in [3.8, 4) is 0 Å². The Kier molecular flexibility index (Phi) is 6.66.